The van der Waals surface area contributed by atoms with Gasteiger partial charge in [0.15, 0.2) is 17.4 Å². The Labute approximate surface area is 253 Å². The predicted molar refractivity (Wildman–Crippen MR) is 159 cm³/mol. The lowest BCUT2D eigenvalue weighted by atomic mass is 9.45. The highest BCUT2D eigenvalue weighted by Gasteiger charge is 2.72. The molecular weight excluding hydrogens is 532 g/mol. The van der Waals surface area contributed by atoms with E-state index in [1.54, 1.807) is 0 Å². The molecule has 0 aromatic carbocycles. The second-order valence-corrected chi connectivity index (χ2v) is 16.5. The highest BCUT2D eigenvalue weighted by Crippen LogP contribution is 2.70. The molecule has 5 fully saturated rings. The summed E-state index contributed by atoms with van der Waals surface area (Å²) in [4.78, 5) is 13.9. The third-order valence-corrected chi connectivity index (χ3v) is 13.3. The number of carbonyl (C=O) groups is 1. The third-order valence-electron chi connectivity index (χ3n) is 13.3. The topological polar surface area (TPSA) is 94.5 Å². The number of carbonyl (C=O) groups excluding carboxylic acids is 1. The van der Waals surface area contributed by atoms with Crippen molar-refractivity contribution < 1.29 is 34.0 Å². The van der Waals surface area contributed by atoms with Crippen molar-refractivity contribution in [2.45, 2.75) is 173 Å². The standard InChI is InChI=1S/C35H56O7/c1-10-32(7)39-25-19-23-24(36)18-22-21(30(23,5)20-26(25)40-32)12-16-31(6)27(13-17-35(22,31)38)34(9)28(14-15-29(3,4)37)41-33(8,11-2)42-34/h18,21,23,25-28,37-38H,10-17,19-20H2,1-9H3/t21-,23+,25-,26+,27+,28+,30-,31-,32+,33-,34-,35-/m1/s1. The van der Waals surface area contributed by atoms with Crippen LogP contribution in [0.2, 0.25) is 0 Å². The van der Waals surface area contributed by atoms with Crippen LogP contribution in [0.15, 0.2) is 11.6 Å². The van der Waals surface area contributed by atoms with Crippen LogP contribution in [-0.4, -0.2) is 62.7 Å². The Hall–Kier alpha value is -0.830. The van der Waals surface area contributed by atoms with Crippen LogP contribution in [0.4, 0.5) is 0 Å². The summed E-state index contributed by atoms with van der Waals surface area (Å²) < 4.78 is 26.4. The van der Waals surface area contributed by atoms with Gasteiger partial charge in [-0.3, -0.25) is 4.79 Å². The summed E-state index contributed by atoms with van der Waals surface area (Å²) in [5.41, 5.74) is -2.28. The van der Waals surface area contributed by atoms with E-state index in [1.807, 2.05) is 33.8 Å². The van der Waals surface area contributed by atoms with Gasteiger partial charge in [0, 0.05) is 11.3 Å². The number of hydrogen-bond acceptors (Lipinski definition) is 7. The van der Waals surface area contributed by atoms with Gasteiger partial charge in [0.2, 0.25) is 0 Å². The van der Waals surface area contributed by atoms with Crippen molar-refractivity contribution in [2.75, 3.05) is 0 Å². The van der Waals surface area contributed by atoms with Crippen molar-refractivity contribution in [3.8, 4) is 0 Å². The molecule has 0 spiro atoms. The van der Waals surface area contributed by atoms with Crippen molar-refractivity contribution in [1.82, 2.24) is 0 Å². The summed E-state index contributed by atoms with van der Waals surface area (Å²) in [5.74, 6) is -1.08. The molecule has 7 heteroatoms. The van der Waals surface area contributed by atoms with Crippen molar-refractivity contribution in [3.05, 3.63) is 11.6 Å². The lowest BCUT2D eigenvalue weighted by Crippen LogP contribution is -2.62. The molecule has 12 atom stereocenters. The molecule has 0 aromatic heterocycles. The van der Waals surface area contributed by atoms with E-state index in [9.17, 15) is 15.0 Å². The Morgan fingerprint density at radius 1 is 0.929 bits per heavy atom. The van der Waals surface area contributed by atoms with Crippen molar-refractivity contribution in [2.24, 2.45) is 28.6 Å². The van der Waals surface area contributed by atoms with Crippen molar-refractivity contribution >= 4 is 5.78 Å². The van der Waals surface area contributed by atoms with E-state index in [2.05, 4.69) is 34.6 Å². The maximum atomic E-state index is 13.9. The average Bonchev–Trinajstić information content (AvgIpc) is 3.47. The molecule has 6 rings (SSSR count). The molecule has 0 unspecified atom stereocenters. The normalized spacial score (nSPS) is 53.8. The minimum absolute atomic E-state index is 0.0196. The fourth-order valence-corrected chi connectivity index (χ4v) is 10.6. The predicted octanol–water partition coefficient (Wildman–Crippen LogP) is 6.23. The first-order valence-corrected chi connectivity index (χ1v) is 16.8. The van der Waals surface area contributed by atoms with E-state index in [4.69, 9.17) is 18.9 Å². The maximum absolute atomic E-state index is 13.9. The zero-order valence-electron chi connectivity index (χ0n) is 27.5. The van der Waals surface area contributed by atoms with E-state index in [0.29, 0.717) is 25.7 Å². The molecular formula is C35H56O7. The molecule has 4 aliphatic carbocycles. The largest absolute Gasteiger partial charge is 0.390 e. The first-order valence-electron chi connectivity index (χ1n) is 16.8. The quantitative estimate of drug-likeness (QED) is 0.380. The minimum Gasteiger partial charge on any atom is -0.390 e. The number of rotatable bonds is 6. The molecule has 2 N–H and O–H groups in total. The lowest BCUT2D eigenvalue weighted by molar-refractivity contribution is -0.200. The molecule has 7 nitrogen and oxygen atoms in total. The zero-order valence-corrected chi connectivity index (χ0v) is 27.5. The lowest BCUT2D eigenvalue weighted by Gasteiger charge is -2.60. The van der Waals surface area contributed by atoms with E-state index in [-0.39, 0.29) is 47.3 Å². The highest BCUT2D eigenvalue weighted by molar-refractivity contribution is 5.95. The molecule has 0 amide bonds. The average molecular weight is 589 g/mol. The molecule has 2 aliphatic heterocycles. The summed E-state index contributed by atoms with van der Waals surface area (Å²) in [6.45, 7) is 18.6. The number of fused-ring (bicyclic) bond motifs is 6. The molecule has 6 aliphatic rings. The van der Waals surface area contributed by atoms with E-state index in [1.165, 1.54) is 0 Å². The Bertz CT molecular complexity index is 1140. The zero-order chi connectivity index (χ0) is 30.7. The summed E-state index contributed by atoms with van der Waals surface area (Å²) in [5, 5.41) is 23.4. The van der Waals surface area contributed by atoms with Crippen LogP contribution >= 0.6 is 0 Å². The summed E-state index contributed by atoms with van der Waals surface area (Å²) in [6, 6.07) is 0. The first-order chi connectivity index (χ1) is 19.4. The summed E-state index contributed by atoms with van der Waals surface area (Å²) >= 11 is 0. The fourth-order valence-electron chi connectivity index (χ4n) is 10.6. The van der Waals surface area contributed by atoms with Crippen LogP contribution in [0.1, 0.15) is 127 Å². The van der Waals surface area contributed by atoms with Gasteiger partial charge in [0.1, 0.15) is 0 Å². The molecule has 0 aromatic rings. The molecule has 2 heterocycles. The summed E-state index contributed by atoms with van der Waals surface area (Å²) in [6.07, 6.45) is 9.08. The molecule has 0 bridgehead atoms. The van der Waals surface area contributed by atoms with Gasteiger partial charge in [-0.2, -0.15) is 0 Å². The van der Waals surface area contributed by atoms with E-state index >= 15 is 0 Å². The molecule has 0 radical (unpaired) electrons. The Morgan fingerprint density at radius 3 is 2.24 bits per heavy atom. The van der Waals surface area contributed by atoms with Crippen LogP contribution in [0.3, 0.4) is 0 Å². The Balaban J connectivity index is 1.33. The number of allylic oxidation sites excluding steroid dienone is 1. The van der Waals surface area contributed by atoms with Crippen molar-refractivity contribution in [3.63, 3.8) is 0 Å². The maximum Gasteiger partial charge on any atom is 0.166 e. The highest BCUT2D eigenvalue weighted by atomic mass is 16.8. The van der Waals surface area contributed by atoms with Crippen LogP contribution in [0.25, 0.3) is 0 Å². The van der Waals surface area contributed by atoms with Gasteiger partial charge in [0.25, 0.3) is 0 Å². The van der Waals surface area contributed by atoms with Gasteiger partial charge in [-0.15, -0.1) is 0 Å². The molecule has 42 heavy (non-hydrogen) atoms. The SMILES string of the molecule is CC[C@]1(C)O[C@H]2C[C@]3(C)[C@@H]4CC[C@]5(C)[C@@H]([C@@]6(C)O[C@](C)(CC)O[C@H]6CCC(C)(C)O)CC[C@@]5(O)C4=CC(=O)[C@@H]3C[C@H]2O1. The third kappa shape index (κ3) is 4.38. The van der Waals surface area contributed by atoms with Crippen LogP contribution in [-0.2, 0) is 23.7 Å². The second-order valence-electron chi connectivity index (χ2n) is 16.5. The Morgan fingerprint density at radius 2 is 1.60 bits per heavy atom. The van der Waals surface area contributed by atoms with E-state index in [0.717, 1.165) is 44.1 Å². The fraction of sp³-hybridized carbons (Fsp3) is 0.914. The second kappa shape index (κ2) is 9.59. The summed E-state index contributed by atoms with van der Waals surface area (Å²) in [7, 11) is 0. The van der Waals surface area contributed by atoms with Gasteiger partial charge in [-0.25, -0.2) is 0 Å². The number of aliphatic hydroxyl groups is 2. The number of hydrogen-bond donors (Lipinski definition) is 2. The first kappa shape index (κ1) is 31.2. The van der Waals surface area contributed by atoms with Gasteiger partial charge in [-0.05, 0) is 128 Å². The Kier molecular flexibility index (Phi) is 7.12. The molecule has 238 valence electrons. The van der Waals surface area contributed by atoms with Crippen molar-refractivity contribution in [1.29, 1.82) is 0 Å². The van der Waals surface area contributed by atoms with Gasteiger partial charge in [0.05, 0.1) is 35.1 Å². The smallest absolute Gasteiger partial charge is 0.166 e. The number of ketones is 1. The van der Waals surface area contributed by atoms with Gasteiger partial charge in [-0.1, -0.05) is 27.7 Å². The van der Waals surface area contributed by atoms with Gasteiger partial charge >= 0.3 is 0 Å². The van der Waals surface area contributed by atoms with E-state index < -0.39 is 33.8 Å². The van der Waals surface area contributed by atoms with Gasteiger partial charge < -0.3 is 29.2 Å². The van der Waals surface area contributed by atoms with Crippen LogP contribution in [0.5, 0.6) is 0 Å². The van der Waals surface area contributed by atoms with Crippen LogP contribution < -0.4 is 0 Å². The number of ether oxygens (including phenoxy) is 4. The monoisotopic (exact) mass is 588 g/mol. The minimum atomic E-state index is -1.08. The van der Waals surface area contributed by atoms with Crippen LogP contribution in [0, 0.1) is 28.6 Å². The molecule has 3 saturated carbocycles. The molecule has 2 saturated heterocycles.